The van der Waals surface area contributed by atoms with Crippen LogP contribution in [-0.4, -0.2) is 15.4 Å². The van der Waals surface area contributed by atoms with Gasteiger partial charge in [-0.1, -0.05) is 29.8 Å². The van der Waals surface area contributed by atoms with E-state index in [0.717, 1.165) is 28.5 Å². The molecule has 2 rings (SSSR count). The van der Waals surface area contributed by atoms with Gasteiger partial charge in [0.2, 0.25) is 5.91 Å². The topological polar surface area (TPSA) is 94.2 Å². The number of halogens is 1. The van der Waals surface area contributed by atoms with Gasteiger partial charge in [0, 0.05) is 17.2 Å². The fourth-order valence-corrected chi connectivity index (χ4v) is 2.40. The van der Waals surface area contributed by atoms with E-state index in [2.05, 4.69) is 5.32 Å². The van der Waals surface area contributed by atoms with Gasteiger partial charge in [-0.2, -0.15) is 0 Å². The molecule has 1 N–H and O–H groups in total. The maximum atomic E-state index is 12.1. The lowest BCUT2D eigenvalue weighted by molar-refractivity contribution is -0.385. The summed E-state index contributed by atoms with van der Waals surface area (Å²) in [5, 5.41) is 14.0. The zero-order valence-corrected chi connectivity index (χ0v) is 13.0. The highest BCUT2D eigenvalue weighted by molar-refractivity contribution is 6.31. The van der Waals surface area contributed by atoms with Gasteiger partial charge >= 0.3 is 0 Å². The summed E-state index contributed by atoms with van der Waals surface area (Å²) in [6, 6.07) is 8.88. The molecule has 7 nitrogen and oxygen atoms in total. The number of aromatic nitrogens is 1. The van der Waals surface area contributed by atoms with E-state index in [0.29, 0.717) is 5.02 Å². The van der Waals surface area contributed by atoms with Crippen molar-refractivity contribution < 1.29 is 9.72 Å². The Labute approximate surface area is 136 Å². The molecule has 1 atom stereocenters. The average Bonchev–Trinajstić information content (AvgIpc) is 2.49. The zero-order chi connectivity index (χ0) is 17.0. The van der Waals surface area contributed by atoms with Crippen LogP contribution in [0.4, 0.5) is 5.69 Å². The highest BCUT2D eigenvalue weighted by Crippen LogP contribution is 2.21. The highest BCUT2D eigenvalue weighted by atomic mass is 35.5. The lowest BCUT2D eigenvalue weighted by Gasteiger charge is -2.16. The number of rotatable bonds is 5. The smallest absolute Gasteiger partial charge is 0.285 e. The lowest BCUT2D eigenvalue weighted by Crippen LogP contribution is -2.33. The van der Waals surface area contributed by atoms with Gasteiger partial charge in [-0.3, -0.25) is 24.3 Å². The summed E-state index contributed by atoms with van der Waals surface area (Å²) in [5.74, 6) is -0.444. The van der Waals surface area contributed by atoms with E-state index in [4.69, 9.17) is 11.6 Å². The first-order valence-electron chi connectivity index (χ1n) is 6.77. The first-order chi connectivity index (χ1) is 10.9. The van der Waals surface area contributed by atoms with Crippen LogP contribution >= 0.6 is 11.6 Å². The molecule has 1 amide bonds. The molecule has 0 bridgehead atoms. The molecule has 1 heterocycles. The van der Waals surface area contributed by atoms with Crippen LogP contribution in [0.25, 0.3) is 0 Å². The van der Waals surface area contributed by atoms with Crippen LogP contribution in [0.2, 0.25) is 5.02 Å². The number of nitrogens with one attached hydrogen (secondary N) is 1. The first kappa shape index (κ1) is 16.7. The normalized spacial score (nSPS) is 11.7. The molecule has 23 heavy (non-hydrogen) atoms. The van der Waals surface area contributed by atoms with Gasteiger partial charge in [-0.25, -0.2) is 0 Å². The Morgan fingerprint density at radius 1 is 1.35 bits per heavy atom. The van der Waals surface area contributed by atoms with Gasteiger partial charge in [0.1, 0.15) is 6.54 Å². The van der Waals surface area contributed by atoms with Crippen molar-refractivity contribution >= 4 is 23.2 Å². The Kier molecular flexibility index (Phi) is 5.13. The fourth-order valence-electron chi connectivity index (χ4n) is 2.10. The second kappa shape index (κ2) is 7.06. The molecule has 1 unspecified atom stereocenters. The van der Waals surface area contributed by atoms with Crippen molar-refractivity contribution in [2.45, 2.75) is 19.5 Å². The van der Waals surface area contributed by atoms with Crippen LogP contribution in [0, 0.1) is 10.1 Å². The van der Waals surface area contributed by atoms with Crippen molar-refractivity contribution in [1.29, 1.82) is 0 Å². The van der Waals surface area contributed by atoms with E-state index < -0.39 is 16.4 Å². The quantitative estimate of drug-likeness (QED) is 0.670. The third-order valence-corrected chi connectivity index (χ3v) is 3.59. The molecule has 0 spiro atoms. The number of pyridine rings is 1. The SMILES string of the molecule is CC(NC(=O)Cn1cc([N+](=O)[O-])ccc1=O)c1ccccc1Cl. The molecule has 120 valence electrons. The molecule has 8 heteroatoms. The van der Waals surface area contributed by atoms with Gasteiger partial charge < -0.3 is 5.32 Å². The van der Waals surface area contributed by atoms with Crippen LogP contribution in [0.3, 0.4) is 0 Å². The Morgan fingerprint density at radius 3 is 2.70 bits per heavy atom. The largest absolute Gasteiger partial charge is 0.348 e. The molecule has 0 fully saturated rings. The number of carbonyl (C=O) groups excluding carboxylic acids is 1. The summed E-state index contributed by atoms with van der Waals surface area (Å²) in [4.78, 5) is 33.8. The molecule has 2 aromatic rings. The van der Waals surface area contributed by atoms with Crippen LogP contribution < -0.4 is 10.9 Å². The van der Waals surface area contributed by atoms with Gasteiger partial charge in [0.15, 0.2) is 0 Å². The van der Waals surface area contributed by atoms with Crippen molar-refractivity contribution in [1.82, 2.24) is 9.88 Å². The molecular weight excluding hydrogens is 322 g/mol. The standard InChI is InChI=1S/C15H14ClN3O4/c1-10(12-4-2-3-5-13(12)16)17-14(20)9-18-8-11(19(22)23)6-7-15(18)21/h2-8,10H,9H2,1H3,(H,17,20). The Bertz CT molecular complexity index is 803. The summed E-state index contributed by atoms with van der Waals surface area (Å²) in [5.41, 5.74) is 0.00149. The zero-order valence-electron chi connectivity index (χ0n) is 12.2. The summed E-state index contributed by atoms with van der Waals surface area (Å²) < 4.78 is 0.993. The molecular formula is C15H14ClN3O4. The molecule has 0 radical (unpaired) electrons. The number of nitro groups is 1. The van der Waals surface area contributed by atoms with Gasteiger partial charge in [0.25, 0.3) is 11.2 Å². The summed E-state index contributed by atoms with van der Waals surface area (Å²) in [6.07, 6.45) is 1.04. The van der Waals surface area contributed by atoms with Crippen molar-refractivity contribution in [3.63, 3.8) is 0 Å². The number of benzene rings is 1. The lowest BCUT2D eigenvalue weighted by atomic mass is 10.1. The van der Waals surface area contributed by atoms with Gasteiger partial charge in [-0.15, -0.1) is 0 Å². The highest BCUT2D eigenvalue weighted by Gasteiger charge is 2.14. The molecule has 0 aliphatic heterocycles. The Morgan fingerprint density at radius 2 is 2.04 bits per heavy atom. The van der Waals surface area contributed by atoms with Gasteiger partial charge in [-0.05, 0) is 18.6 Å². The first-order valence-corrected chi connectivity index (χ1v) is 7.15. The predicted molar refractivity (Wildman–Crippen MR) is 85.4 cm³/mol. The minimum atomic E-state index is -0.625. The maximum absolute atomic E-state index is 12.1. The maximum Gasteiger partial charge on any atom is 0.285 e. The second-order valence-electron chi connectivity index (χ2n) is 4.92. The van der Waals surface area contributed by atoms with Crippen LogP contribution in [-0.2, 0) is 11.3 Å². The van der Waals surface area contributed by atoms with Crippen molar-refractivity contribution in [3.05, 3.63) is 73.6 Å². The minimum Gasteiger partial charge on any atom is -0.348 e. The van der Waals surface area contributed by atoms with E-state index in [-0.39, 0.29) is 18.3 Å². The number of hydrogen-bond donors (Lipinski definition) is 1. The predicted octanol–water partition coefficient (Wildman–Crippen LogP) is 2.29. The van der Waals surface area contributed by atoms with E-state index in [1.807, 2.05) is 0 Å². The summed E-state index contributed by atoms with van der Waals surface area (Å²) in [6.45, 7) is 1.45. The molecule has 1 aromatic heterocycles. The summed E-state index contributed by atoms with van der Waals surface area (Å²) in [7, 11) is 0. The van der Waals surface area contributed by atoms with E-state index in [1.54, 1.807) is 31.2 Å². The molecule has 0 aliphatic rings. The molecule has 0 aliphatic carbocycles. The Hall–Kier alpha value is -2.67. The van der Waals surface area contributed by atoms with Crippen LogP contribution in [0.5, 0.6) is 0 Å². The Balaban J connectivity index is 2.11. The van der Waals surface area contributed by atoms with E-state index >= 15 is 0 Å². The van der Waals surface area contributed by atoms with E-state index in [1.165, 1.54) is 0 Å². The third-order valence-electron chi connectivity index (χ3n) is 3.24. The van der Waals surface area contributed by atoms with E-state index in [9.17, 15) is 19.7 Å². The minimum absolute atomic E-state index is 0.253. The van der Waals surface area contributed by atoms with Crippen molar-refractivity contribution in [3.8, 4) is 0 Å². The molecule has 0 saturated carbocycles. The number of nitrogens with zero attached hydrogens (tertiary/aromatic N) is 2. The number of hydrogen-bond acceptors (Lipinski definition) is 4. The van der Waals surface area contributed by atoms with Crippen LogP contribution in [0.1, 0.15) is 18.5 Å². The second-order valence-corrected chi connectivity index (χ2v) is 5.33. The van der Waals surface area contributed by atoms with Gasteiger partial charge in [0.05, 0.1) is 17.2 Å². The average molecular weight is 336 g/mol. The molecule has 1 aromatic carbocycles. The summed E-state index contributed by atoms with van der Waals surface area (Å²) >= 11 is 6.06. The van der Waals surface area contributed by atoms with Crippen molar-refractivity contribution in [2.75, 3.05) is 0 Å². The van der Waals surface area contributed by atoms with Crippen LogP contribution in [0.15, 0.2) is 47.4 Å². The number of carbonyl (C=O) groups is 1. The van der Waals surface area contributed by atoms with Crippen molar-refractivity contribution in [2.24, 2.45) is 0 Å². The fraction of sp³-hybridized carbons (Fsp3) is 0.200. The number of amides is 1. The monoisotopic (exact) mass is 335 g/mol. The molecule has 0 saturated heterocycles. The third kappa shape index (κ3) is 4.17.